The van der Waals surface area contributed by atoms with E-state index < -0.39 is 0 Å². The molecule has 0 saturated heterocycles. The van der Waals surface area contributed by atoms with Crippen LogP contribution in [0.2, 0.25) is 0 Å². The first-order chi connectivity index (χ1) is 25.3. The standard InChI is InChI=1S/C47H31N3O/c1-3-15-32(16-4-1)36-19-9-12-24-41(36)50(35-29-27-34(28-30-35)49-42-25-13-10-20-37(42)38-21-11-14-26-43(38)49)44-31-45-46(40-23-8-7-22-39(40)44)48-47(51-45)33-17-5-2-6-18-33/h1-31H. The van der Waals surface area contributed by atoms with Gasteiger partial charge in [0, 0.05) is 50.1 Å². The van der Waals surface area contributed by atoms with Crippen LogP contribution in [0.25, 0.3) is 71.9 Å². The van der Waals surface area contributed by atoms with Crippen molar-refractivity contribution in [3.8, 4) is 28.3 Å². The molecule has 0 aliphatic heterocycles. The second kappa shape index (κ2) is 11.9. The predicted molar refractivity (Wildman–Crippen MR) is 211 cm³/mol. The first kappa shape index (κ1) is 29.0. The van der Waals surface area contributed by atoms with E-state index in [0.717, 1.165) is 61.3 Å². The Morgan fingerprint density at radius 1 is 0.451 bits per heavy atom. The number of hydrogen-bond donors (Lipinski definition) is 0. The second-order valence-electron chi connectivity index (χ2n) is 12.8. The van der Waals surface area contributed by atoms with E-state index >= 15 is 0 Å². The molecule has 0 spiro atoms. The summed E-state index contributed by atoms with van der Waals surface area (Å²) in [4.78, 5) is 7.39. The molecule has 240 valence electrons. The number of aromatic nitrogens is 2. The van der Waals surface area contributed by atoms with E-state index in [4.69, 9.17) is 9.40 Å². The number of fused-ring (bicyclic) bond motifs is 6. The van der Waals surface area contributed by atoms with Gasteiger partial charge in [-0.05, 0) is 60.2 Å². The fourth-order valence-corrected chi connectivity index (χ4v) is 7.52. The van der Waals surface area contributed by atoms with E-state index in [-0.39, 0.29) is 0 Å². The predicted octanol–water partition coefficient (Wildman–Crippen LogP) is 12.9. The van der Waals surface area contributed by atoms with E-state index in [0.29, 0.717) is 5.89 Å². The zero-order valence-electron chi connectivity index (χ0n) is 27.6. The highest BCUT2D eigenvalue weighted by atomic mass is 16.3. The molecule has 0 radical (unpaired) electrons. The summed E-state index contributed by atoms with van der Waals surface area (Å²) in [5.41, 5.74) is 11.4. The Kier molecular flexibility index (Phi) is 6.78. The van der Waals surface area contributed by atoms with Gasteiger partial charge < -0.3 is 13.9 Å². The first-order valence-corrected chi connectivity index (χ1v) is 17.2. The third-order valence-electron chi connectivity index (χ3n) is 9.82. The molecule has 4 nitrogen and oxygen atoms in total. The van der Waals surface area contributed by atoms with Crippen molar-refractivity contribution in [1.82, 2.24) is 9.55 Å². The van der Waals surface area contributed by atoms with Crippen LogP contribution in [0.4, 0.5) is 17.1 Å². The monoisotopic (exact) mass is 653 g/mol. The van der Waals surface area contributed by atoms with Gasteiger partial charge in [-0.15, -0.1) is 0 Å². The average Bonchev–Trinajstić information content (AvgIpc) is 3.79. The molecule has 0 amide bonds. The summed E-state index contributed by atoms with van der Waals surface area (Å²) < 4.78 is 8.91. The maximum absolute atomic E-state index is 6.55. The van der Waals surface area contributed by atoms with Crippen LogP contribution >= 0.6 is 0 Å². The molecule has 0 atom stereocenters. The maximum atomic E-state index is 6.55. The molecular formula is C47H31N3O. The molecule has 0 unspecified atom stereocenters. The van der Waals surface area contributed by atoms with Gasteiger partial charge in [0.05, 0.1) is 22.4 Å². The second-order valence-corrected chi connectivity index (χ2v) is 12.8. The fraction of sp³-hybridized carbons (Fsp3) is 0. The van der Waals surface area contributed by atoms with Gasteiger partial charge in [-0.2, -0.15) is 0 Å². The minimum atomic E-state index is 0.611. The lowest BCUT2D eigenvalue weighted by Gasteiger charge is -2.29. The van der Waals surface area contributed by atoms with E-state index in [9.17, 15) is 0 Å². The lowest BCUT2D eigenvalue weighted by atomic mass is 10.00. The van der Waals surface area contributed by atoms with Crippen molar-refractivity contribution in [2.75, 3.05) is 4.90 Å². The van der Waals surface area contributed by atoms with Gasteiger partial charge in [0.25, 0.3) is 0 Å². The number of oxazole rings is 1. The Labute approximate surface area is 295 Å². The van der Waals surface area contributed by atoms with Crippen molar-refractivity contribution in [3.05, 3.63) is 188 Å². The highest BCUT2D eigenvalue weighted by molar-refractivity contribution is 6.13. The van der Waals surface area contributed by atoms with E-state index in [2.05, 4.69) is 167 Å². The minimum absolute atomic E-state index is 0.611. The molecular weight excluding hydrogens is 623 g/mol. The molecule has 0 fully saturated rings. The molecule has 0 N–H and O–H groups in total. The van der Waals surface area contributed by atoms with E-state index in [1.54, 1.807) is 0 Å². The summed E-state index contributed by atoms with van der Waals surface area (Å²) in [7, 11) is 0. The van der Waals surface area contributed by atoms with E-state index in [1.807, 2.05) is 30.3 Å². The summed E-state index contributed by atoms with van der Waals surface area (Å²) in [6.07, 6.45) is 0. The Morgan fingerprint density at radius 3 is 1.69 bits per heavy atom. The van der Waals surface area contributed by atoms with Gasteiger partial charge in [0.15, 0.2) is 5.58 Å². The molecule has 0 bridgehead atoms. The van der Waals surface area contributed by atoms with Gasteiger partial charge in [-0.1, -0.05) is 127 Å². The van der Waals surface area contributed by atoms with Crippen molar-refractivity contribution in [3.63, 3.8) is 0 Å². The molecule has 0 aliphatic carbocycles. The highest BCUT2D eigenvalue weighted by Crippen LogP contribution is 2.46. The highest BCUT2D eigenvalue weighted by Gasteiger charge is 2.23. The van der Waals surface area contributed by atoms with Gasteiger partial charge in [0.1, 0.15) is 5.52 Å². The number of para-hydroxylation sites is 3. The van der Waals surface area contributed by atoms with Gasteiger partial charge in [-0.25, -0.2) is 4.98 Å². The number of benzene rings is 8. The summed E-state index contributed by atoms with van der Waals surface area (Å²) in [5, 5.41) is 4.63. The van der Waals surface area contributed by atoms with Gasteiger partial charge in [-0.3, -0.25) is 0 Å². The number of hydrogen-bond acceptors (Lipinski definition) is 3. The number of rotatable bonds is 6. The van der Waals surface area contributed by atoms with Crippen LogP contribution in [0.3, 0.4) is 0 Å². The largest absolute Gasteiger partial charge is 0.436 e. The Bertz CT molecular complexity index is 2800. The zero-order valence-corrected chi connectivity index (χ0v) is 27.6. The fourth-order valence-electron chi connectivity index (χ4n) is 7.52. The molecule has 10 aromatic rings. The van der Waals surface area contributed by atoms with Crippen molar-refractivity contribution in [2.24, 2.45) is 0 Å². The minimum Gasteiger partial charge on any atom is -0.436 e. The van der Waals surface area contributed by atoms with Gasteiger partial charge >= 0.3 is 0 Å². The molecule has 0 saturated carbocycles. The smallest absolute Gasteiger partial charge is 0.227 e. The third-order valence-corrected chi connectivity index (χ3v) is 9.82. The average molecular weight is 654 g/mol. The van der Waals surface area contributed by atoms with Gasteiger partial charge in [0.2, 0.25) is 5.89 Å². The molecule has 0 aliphatic rings. The maximum Gasteiger partial charge on any atom is 0.227 e. The van der Waals surface area contributed by atoms with Crippen molar-refractivity contribution in [1.29, 1.82) is 0 Å². The Balaban J connectivity index is 1.21. The lowest BCUT2D eigenvalue weighted by molar-refractivity contribution is 0.620. The topological polar surface area (TPSA) is 34.2 Å². The third kappa shape index (κ3) is 4.80. The van der Waals surface area contributed by atoms with Crippen molar-refractivity contribution >= 4 is 60.7 Å². The normalized spacial score (nSPS) is 11.5. The summed E-state index contributed by atoms with van der Waals surface area (Å²) in [5.74, 6) is 0.611. The first-order valence-electron chi connectivity index (χ1n) is 17.2. The van der Waals surface area contributed by atoms with Crippen LogP contribution in [0.1, 0.15) is 0 Å². The quantitative estimate of drug-likeness (QED) is 0.179. The van der Waals surface area contributed by atoms with Crippen LogP contribution in [0, 0.1) is 0 Å². The number of anilines is 3. The summed E-state index contributed by atoms with van der Waals surface area (Å²) >= 11 is 0. The van der Waals surface area contributed by atoms with Crippen molar-refractivity contribution < 1.29 is 4.42 Å². The Morgan fingerprint density at radius 2 is 1.00 bits per heavy atom. The van der Waals surface area contributed by atoms with Crippen LogP contribution in [0.5, 0.6) is 0 Å². The van der Waals surface area contributed by atoms with Crippen molar-refractivity contribution in [2.45, 2.75) is 0 Å². The van der Waals surface area contributed by atoms with Crippen LogP contribution in [-0.4, -0.2) is 9.55 Å². The zero-order chi connectivity index (χ0) is 33.7. The Hall–Kier alpha value is -6.91. The molecule has 8 aromatic carbocycles. The van der Waals surface area contributed by atoms with Crippen LogP contribution < -0.4 is 4.90 Å². The lowest BCUT2D eigenvalue weighted by Crippen LogP contribution is -2.12. The summed E-state index contributed by atoms with van der Waals surface area (Å²) in [6.45, 7) is 0. The van der Waals surface area contributed by atoms with Crippen LogP contribution in [0.15, 0.2) is 192 Å². The molecule has 4 heteroatoms. The number of nitrogens with zero attached hydrogens (tertiary/aromatic N) is 3. The SMILES string of the molecule is c1ccc(-c2nc3c(cc(N(c4ccc(-n5c6ccccc6c6ccccc65)cc4)c4ccccc4-c4ccccc4)c4ccccc43)o2)cc1. The molecule has 51 heavy (non-hydrogen) atoms. The van der Waals surface area contributed by atoms with E-state index in [1.165, 1.54) is 21.8 Å². The molecule has 2 aromatic heterocycles. The molecule has 2 heterocycles. The van der Waals surface area contributed by atoms with Crippen LogP contribution in [-0.2, 0) is 0 Å². The summed E-state index contributed by atoms with van der Waals surface area (Å²) in [6, 6.07) is 66.2. The molecule has 10 rings (SSSR count).